The van der Waals surface area contributed by atoms with Gasteiger partial charge in [-0.3, -0.25) is 9.36 Å². The molecule has 0 saturated carbocycles. The molecule has 0 aliphatic heterocycles. The van der Waals surface area contributed by atoms with E-state index in [0.717, 1.165) is 41.3 Å². The van der Waals surface area contributed by atoms with E-state index in [1.807, 2.05) is 48.5 Å². The second kappa shape index (κ2) is 16.3. The van der Waals surface area contributed by atoms with Crippen molar-refractivity contribution in [2.45, 2.75) is 78.7 Å². The molecule has 0 fully saturated rings. The smallest absolute Gasteiger partial charge is 0.323 e. The summed E-state index contributed by atoms with van der Waals surface area (Å²) in [6.07, 6.45) is 4.73. The van der Waals surface area contributed by atoms with Gasteiger partial charge < -0.3 is 26.2 Å². The number of ether oxygens (including phenoxy) is 1. The van der Waals surface area contributed by atoms with Crippen molar-refractivity contribution in [3.8, 4) is 16.9 Å². The van der Waals surface area contributed by atoms with Crippen molar-refractivity contribution in [2.75, 3.05) is 29.6 Å². The number of amides is 2. The van der Waals surface area contributed by atoms with E-state index in [4.69, 9.17) is 15.6 Å². The Morgan fingerprint density at radius 2 is 1.67 bits per heavy atom. The van der Waals surface area contributed by atoms with Crippen molar-refractivity contribution in [1.82, 2.24) is 9.55 Å². The lowest BCUT2D eigenvalue weighted by molar-refractivity contribution is 0.253. The summed E-state index contributed by atoms with van der Waals surface area (Å²) in [6, 6.07) is 14.5. The van der Waals surface area contributed by atoms with Crippen molar-refractivity contribution in [3.63, 3.8) is 0 Å². The second-order valence-corrected chi connectivity index (χ2v) is 11.7. The average molecular weight is 636 g/mol. The normalized spacial score (nSPS) is 11.1. The summed E-state index contributed by atoms with van der Waals surface area (Å²) in [5.74, 6) is 0.855. The van der Waals surface area contributed by atoms with Crippen molar-refractivity contribution >= 4 is 46.5 Å². The number of unbranched alkanes of at least 4 members (excludes halogenated alkanes) is 2. The first kappa shape index (κ1) is 35.4. The van der Waals surface area contributed by atoms with Crippen LogP contribution in [-0.4, -0.2) is 33.9 Å². The largest absolute Gasteiger partial charge is 0.494 e. The number of pyridine rings is 2. The lowest BCUT2D eigenvalue weighted by Gasteiger charge is -2.22. The number of carbonyl (C=O) groups is 1. The van der Waals surface area contributed by atoms with Crippen molar-refractivity contribution in [3.05, 3.63) is 76.2 Å². The van der Waals surface area contributed by atoms with E-state index in [9.17, 15) is 9.59 Å². The minimum absolute atomic E-state index is 0. The first-order valence-corrected chi connectivity index (χ1v) is 15.5. The number of hydrogen-bond donors (Lipinski definition) is 4. The van der Waals surface area contributed by atoms with Crippen LogP contribution in [0.5, 0.6) is 5.75 Å². The predicted molar refractivity (Wildman–Crippen MR) is 187 cm³/mol. The molecule has 45 heavy (non-hydrogen) atoms. The fourth-order valence-corrected chi connectivity index (χ4v) is 5.39. The third kappa shape index (κ3) is 8.35. The number of benzene rings is 2. The Morgan fingerprint density at radius 1 is 0.978 bits per heavy atom. The molecule has 0 radical (unpaired) electrons. The fraction of sp³-hybridized carbons (Fsp3) is 0.400. The molecule has 2 aromatic carbocycles. The van der Waals surface area contributed by atoms with Crippen LogP contribution in [-0.2, 0) is 6.54 Å². The average Bonchev–Trinajstić information content (AvgIpc) is 3.00. The Morgan fingerprint density at radius 3 is 2.31 bits per heavy atom. The SMILES string of the molecule is CCCCn1c(=O)c(NC(=O)Nc2c(C(C)C)cc(N)cc2C(C)C)c(-c2cccc(OCCCCO)c2)c2cccnc21.Cl. The molecule has 242 valence electrons. The highest BCUT2D eigenvalue weighted by atomic mass is 35.5. The Bertz CT molecular complexity index is 1640. The molecular weight excluding hydrogens is 590 g/mol. The summed E-state index contributed by atoms with van der Waals surface area (Å²) in [6.45, 7) is 11.3. The van der Waals surface area contributed by atoms with Crippen LogP contribution in [0.4, 0.5) is 21.9 Å². The number of halogens is 1. The van der Waals surface area contributed by atoms with Crippen molar-refractivity contribution < 1.29 is 14.6 Å². The van der Waals surface area contributed by atoms with Gasteiger partial charge in [-0.25, -0.2) is 9.78 Å². The summed E-state index contributed by atoms with van der Waals surface area (Å²) in [4.78, 5) is 32.6. The molecule has 0 spiro atoms. The van der Waals surface area contributed by atoms with Crippen LogP contribution in [0.1, 0.15) is 83.3 Å². The standard InChI is InChI=1S/C35H45N5O4.ClH/c1-6-7-16-40-33-27(14-11-15-37-33)30(24-12-10-13-26(19-24)44-18-9-8-17-41)32(34(40)42)39-35(43)38-31-28(22(2)3)20-25(36)21-29(31)23(4)5;/h10-15,19-23,41H,6-9,16-18,36H2,1-5H3,(H2,38,39,43);1H. The number of carbonyl (C=O) groups excluding carboxylic acids is 1. The fourth-order valence-electron chi connectivity index (χ4n) is 5.39. The molecule has 2 amide bonds. The van der Waals surface area contributed by atoms with Gasteiger partial charge in [0.15, 0.2) is 0 Å². The molecule has 9 nitrogen and oxygen atoms in total. The lowest BCUT2D eigenvalue weighted by atomic mass is 9.92. The maximum Gasteiger partial charge on any atom is 0.323 e. The Kier molecular flexibility index (Phi) is 12.8. The first-order valence-electron chi connectivity index (χ1n) is 15.5. The van der Waals surface area contributed by atoms with Crippen LogP contribution in [0.15, 0.2) is 59.5 Å². The molecule has 4 rings (SSSR count). The molecule has 0 bridgehead atoms. The number of aliphatic hydroxyl groups is 1. The zero-order valence-electron chi connectivity index (χ0n) is 26.9. The second-order valence-electron chi connectivity index (χ2n) is 11.7. The topological polar surface area (TPSA) is 132 Å². The summed E-state index contributed by atoms with van der Waals surface area (Å²) in [5, 5.41) is 15.9. The number of nitrogens with zero attached hydrogens (tertiary/aromatic N) is 2. The van der Waals surface area contributed by atoms with E-state index in [-0.39, 0.29) is 42.1 Å². The van der Waals surface area contributed by atoms with Crippen LogP contribution in [0, 0.1) is 0 Å². The van der Waals surface area contributed by atoms with E-state index < -0.39 is 6.03 Å². The maximum atomic E-state index is 14.2. The lowest BCUT2D eigenvalue weighted by Crippen LogP contribution is -2.30. The number of aliphatic hydroxyl groups excluding tert-OH is 1. The minimum atomic E-state index is -0.515. The van der Waals surface area contributed by atoms with Crippen LogP contribution in [0.2, 0.25) is 0 Å². The molecule has 0 unspecified atom stereocenters. The van der Waals surface area contributed by atoms with Crippen LogP contribution < -0.4 is 26.7 Å². The van der Waals surface area contributed by atoms with Crippen LogP contribution >= 0.6 is 12.4 Å². The molecule has 2 aromatic heterocycles. The number of anilines is 3. The van der Waals surface area contributed by atoms with Gasteiger partial charge >= 0.3 is 6.03 Å². The van der Waals surface area contributed by atoms with Crippen molar-refractivity contribution in [1.29, 1.82) is 0 Å². The Hall–Kier alpha value is -4.08. The van der Waals surface area contributed by atoms with E-state index >= 15 is 0 Å². The monoisotopic (exact) mass is 635 g/mol. The van der Waals surface area contributed by atoms with Gasteiger partial charge in [0.2, 0.25) is 0 Å². The first-order chi connectivity index (χ1) is 21.2. The quantitative estimate of drug-likeness (QED) is 0.0872. The Balaban J connectivity index is 0.00000552. The number of hydrogen-bond acceptors (Lipinski definition) is 6. The van der Waals surface area contributed by atoms with Gasteiger partial charge in [0.25, 0.3) is 5.56 Å². The zero-order chi connectivity index (χ0) is 31.8. The van der Waals surface area contributed by atoms with Gasteiger partial charge in [0.05, 0.1) is 6.61 Å². The third-order valence-corrected chi connectivity index (χ3v) is 7.64. The molecule has 5 N–H and O–H groups in total. The molecular formula is C35H46ClN5O4. The number of aromatic nitrogens is 2. The van der Waals surface area contributed by atoms with E-state index in [1.165, 1.54) is 0 Å². The number of nitrogens with one attached hydrogen (secondary N) is 2. The van der Waals surface area contributed by atoms with Gasteiger partial charge in [-0.15, -0.1) is 12.4 Å². The van der Waals surface area contributed by atoms with Crippen molar-refractivity contribution in [2.24, 2.45) is 0 Å². The number of urea groups is 1. The number of nitrogen functional groups attached to an aromatic ring is 1. The summed E-state index contributed by atoms with van der Waals surface area (Å²) >= 11 is 0. The molecule has 0 atom stereocenters. The molecule has 0 aliphatic rings. The van der Waals surface area contributed by atoms with E-state index in [1.54, 1.807) is 10.8 Å². The summed E-state index contributed by atoms with van der Waals surface area (Å²) < 4.78 is 7.60. The number of aryl methyl sites for hydroxylation is 1. The third-order valence-electron chi connectivity index (χ3n) is 7.64. The van der Waals surface area contributed by atoms with Gasteiger partial charge in [0, 0.05) is 41.7 Å². The molecule has 10 heteroatoms. The highest BCUT2D eigenvalue weighted by Gasteiger charge is 2.23. The predicted octanol–water partition coefficient (Wildman–Crippen LogP) is 7.91. The molecule has 2 heterocycles. The summed E-state index contributed by atoms with van der Waals surface area (Å²) in [7, 11) is 0. The maximum absolute atomic E-state index is 14.2. The highest BCUT2D eigenvalue weighted by molar-refractivity contribution is 6.08. The molecule has 0 saturated heterocycles. The van der Waals surface area contributed by atoms with Gasteiger partial charge in [0.1, 0.15) is 17.1 Å². The molecule has 4 aromatic rings. The number of fused-ring (bicyclic) bond motifs is 1. The highest BCUT2D eigenvalue weighted by Crippen LogP contribution is 2.37. The van der Waals surface area contributed by atoms with Crippen LogP contribution in [0.25, 0.3) is 22.2 Å². The number of rotatable bonds is 13. The molecule has 0 aliphatic carbocycles. The van der Waals surface area contributed by atoms with E-state index in [0.29, 0.717) is 47.9 Å². The van der Waals surface area contributed by atoms with Gasteiger partial charge in [-0.1, -0.05) is 53.2 Å². The van der Waals surface area contributed by atoms with Crippen LogP contribution in [0.3, 0.4) is 0 Å². The minimum Gasteiger partial charge on any atom is -0.494 e. The van der Waals surface area contributed by atoms with Gasteiger partial charge in [-0.05, 0) is 84.2 Å². The Labute approximate surface area is 271 Å². The number of nitrogens with two attached hydrogens (primary N) is 1. The van der Waals surface area contributed by atoms with E-state index in [2.05, 4.69) is 50.2 Å². The summed E-state index contributed by atoms with van der Waals surface area (Å²) in [5.41, 5.74) is 11.1. The zero-order valence-corrected chi connectivity index (χ0v) is 27.7. The van der Waals surface area contributed by atoms with Gasteiger partial charge in [-0.2, -0.15) is 0 Å².